The third kappa shape index (κ3) is 5.32. The first kappa shape index (κ1) is 20.9. The highest BCUT2D eigenvalue weighted by Gasteiger charge is 2.30. The summed E-state index contributed by atoms with van der Waals surface area (Å²) in [5.74, 6) is -2.20. The standard InChI is InChI=1S/C19H16F3NO5/c1-11-3-4-13(17(25)27-2)9-15(11)23-16(24)10-28-18(26)12-5-7-14(8-6-12)19(20,21)22/h3-9H,10H2,1-2H3,(H,23,24). The second-order valence-corrected chi connectivity index (χ2v) is 5.72. The molecule has 0 unspecified atom stereocenters. The van der Waals surface area contributed by atoms with Crippen molar-refractivity contribution >= 4 is 23.5 Å². The van der Waals surface area contributed by atoms with E-state index in [-0.39, 0.29) is 11.1 Å². The number of alkyl halides is 3. The maximum absolute atomic E-state index is 12.5. The van der Waals surface area contributed by atoms with Gasteiger partial charge in [0.05, 0.1) is 23.8 Å². The fourth-order valence-electron chi connectivity index (χ4n) is 2.20. The molecule has 0 saturated heterocycles. The summed E-state index contributed by atoms with van der Waals surface area (Å²) in [5.41, 5.74) is 0.200. The second kappa shape index (κ2) is 8.55. The predicted molar refractivity (Wildman–Crippen MR) is 92.9 cm³/mol. The number of benzene rings is 2. The number of hydrogen-bond acceptors (Lipinski definition) is 5. The lowest BCUT2D eigenvalue weighted by atomic mass is 10.1. The molecule has 1 amide bonds. The molecule has 2 aromatic rings. The molecule has 28 heavy (non-hydrogen) atoms. The Balaban J connectivity index is 1.97. The van der Waals surface area contributed by atoms with Crippen LogP contribution in [0.2, 0.25) is 0 Å². The summed E-state index contributed by atoms with van der Waals surface area (Å²) in [7, 11) is 1.22. The number of anilines is 1. The molecule has 0 fully saturated rings. The number of esters is 2. The number of hydrogen-bond donors (Lipinski definition) is 1. The first-order chi connectivity index (χ1) is 13.1. The average Bonchev–Trinajstić information content (AvgIpc) is 2.66. The summed E-state index contributed by atoms with van der Waals surface area (Å²) in [6.45, 7) is 1.05. The van der Waals surface area contributed by atoms with E-state index in [2.05, 4.69) is 10.1 Å². The molecule has 0 spiro atoms. The minimum atomic E-state index is -4.51. The van der Waals surface area contributed by atoms with Crippen molar-refractivity contribution in [1.82, 2.24) is 0 Å². The molecule has 0 aliphatic carbocycles. The van der Waals surface area contributed by atoms with Gasteiger partial charge in [-0.1, -0.05) is 6.07 Å². The molecule has 9 heteroatoms. The van der Waals surface area contributed by atoms with Crippen molar-refractivity contribution in [3.63, 3.8) is 0 Å². The van der Waals surface area contributed by atoms with Crippen molar-refractivity contribution < 1.29 is 37.0 Å². The van der Waals surface area contributed by atoms with Crippen molar-refractivity contribution in [3.8, 4) is 0 Å². The molecule has 0 atom stereocenters. The zero-order valence-corrected chi connectivity index (χ0v) is 14.9. The summed E-state index contributed by atoms with van der Waals surface area (Å²) in [4.78, 5) is 35.4. The largest absolute Gasteiger partial charge is 0.465 e. The van der Waals surface area contributed by atoms with E-state index in [1.54, 1.807) is 13.0 Å². The van der Waals surface area contributed by atoms with Gasteiger partial charge in [-0.2, -0.15) is 13.2 Å². The molecule has 2 rings (SSSR count). The van der Waals surface area contributed by atoms with Crippen LogP contribution in [0, 0.1) is 6.92 Å². The molecule has 0 saturated carbocycles. The number of carbonyl (C=O) groups excluding carboxylic acids is 3. The van der Waals surface area contributed by atoms with E-state index in [1.807, 2.05) is 0 Å². The van der Waals surface area contributed by atoms with Crippen LogP contribution in [0.5, 0.6) is 0 Å². The van der Waals surface area contributed by atoms with Crippen LogP contribution in [0.25, 0.3) is 0 Å². The normalized spacial score (nSPS) is 10.9. The van der Waals surface area contributed by atoms with Crippen LogP contribution in [0.1, 0.15) is 31.8 Å². The van der Waals surface area contributed by atoms with Gasteiger partial charge in [-0.3, -0.25) is 4.79 Å². The Labute approximate surface area is 158 Å². The van der Waals surface area contributed by atoms with E-state index in [0.717, 1.165) is 24.3 Å². The molecule has 0 radical (unpaired) electrons. The van der Waals surface area contributed by atoms with Crippen LogP contribution < -0.4 is 5.32 Å². The number of carbonyl (C=O) groups is 3. The summed E-state index contributed by atoms with van der Waals surface area (Å²) in [5, 5.41) is 2.49. The van der Waals surface area contributed by atoms with Gasteiger partial charge in [0.2, 0.25) is 0 Å². The Kier molecular flexibility index (Phi) is 6.40. The number of aryl methyl sites for hydroxylation is 1. The molecule has 2 aromatic carbocycles. The molecular formula is C19H16F3NO5. The Bertz CT molecular complexity index is 891. The third-order valence-corrected chi connectivity index (χ3v) is 3.72. The third-order valence-electron chi connectivity index (χ3n) is 3.72. The van der Waals surface area contributed by atoms with Crippen LogP contribution in [-0.4, -0.2) is 31.6 Å². The molecule has 0 bridgehead atoms. The zero-order chi connectivity index (χ0) is 20.9. The highest BCUT2D eigenvalue weighted by atomic mass is 19.4. The quantitative estimate of drug-likeness (QED) is 0.783. The number of nitrogens with one attached hydrogen (secondary N) is 1. The smallest absolute Gasteiger partial charge is 0.416 e. The SMILES string of the molecule is COC(=O)c1ccc(C)c(NC(=O)COC(=O)c2ccc(C(F)(F)F)cc2)c1. The van der Waals surface area contributed by atoms with E-state index in [1.165, 1.54) is 19.2 Å². The van der Waals surface area contributed by atoms with E-state index in [4.69, 9.17) is 4.74 Å². The predicted octanol–water partition coefficient (Wildman–Crippen LogP) is 3.60. The van der Waals surface area contributed by atoms with Gasteiger partial charge in [0, 0.05) is 5.69 Å². The lowest BCUT2D eigenvalue weighted by molar-refractivity contribution is -0.137. The van der Waals surface area contributed by atoms with Crippen LogP contribution in [-0.2, 0) is 20.4 Å². The minimum Gasteiger partial charge on any atom is -0.465 e. The fraction of sp³-hybridized carbons (Fsp3) is 0.211. The van der Waals surface area contributed by atoms with Gasteiger partial charge in [0.1, 0.15) is 0 Å². The van der Waals surface area contributed by atoms with Crippen molar-refractivity contribution in [2.75, 3.05) is 19.0 Å². The lowest BCUT2D eigenvalue weighted by Gasteiger charge is -2.11. The highest BCUT2D eigenvalue weighted by molar-refractivity contribution is 5.97. The lowest BCUT2D eigenvalue weighted by Crippen LogP contribution is -2.21. The molecule has 148 valence electrons. The van der Waals surface area contributed by atoms with Crippen LogP contribution in [0.3, 0.4) is 0 Å². The Hall–Kier alpha value is -3.36. The first-order valence-electron chi connectivity index (χ1n) is 7.95. The van der Waals surface area contributed by atoms with Gasteiger partial charge < -0.3 is 14.8 Å². The van der Waals surface area contributed by atoms with Gasteiger partial charge in [-0.05, 0) is 48.9 Å². The van der Waals surface area contributed by atoms with Gasteiger partial charge in [-0.25, -0.2) is 9.59 Å². The Morgan fingerprint density at radius 2 is 1.57 bits per heavy atom. The van der Waals surface area contributed by atoms with E-state index >= 15 is 0 Å². The summed E-state index contributed by atoms with van der Waals surface area (Å²) in [6, 6.07) is 7.98. The van der Waals surface area contributed by atoms with E-state index in [9.17, 15) is 27.6 Å². The summed E-state index contributed by atoms with van der Waals surface area (Å²) in [6.07, 6.45) is -4.51. The second-order valence-electron chi connectivity index (χ2n) is 5.72. The maximum atomic E-state index is 12.5. The summed E-state index contributed by atoms with van der Waals surface area (Å²) < 4.78 is 47.0. The van der Waals surface area contributed by atoms with Crippen LogP contribution >= 0.6 is 0 Å². The zero-order valence-electron chi connectivity index (χ0n) is 14.9. The Morgan fingerprint density at radius 1 is 0.964 bits per heavy atom. The molecule has 0 aromatic heterocycles. The van der Waals surface area contributed by atoms with Crippen molar-refractivity contribution in [2.45, 2.75) is 13.1 Å². The van der Waals surface area contributed by atoms with Gasteiger partial charge in [0.15, 0.2) is 6.61 Å². The molecule has 0 heterocycles. The average molecular weight is 395 g/mol. The molecule has 0 aliphatic heterocycles. The highest BCUT2D eigenvalue weighted by Crippen LogP contribution is 2.29. The maximum Gasteiger partial charge on any atom is 0.416 e. The Morgan fingerprint density at radius 3 is 2.14 bits per heavy atom. The van der Waals surface area contributed by atoms with E-state index < -0.39 is 36.2 Å². The molecular weight excluding hydrogens is 379 g/mol. The topological polar surface area (TPSA) is 81.7 Å². The van der Waals surface area contributed by atoms with Crippen molar-refractivity contribution in [2.24, 2.45) is 0 Å². The van der Waals surface area contributed by atoms with Crippen LogP contribution in [0.4, 0.5) is 18.9 Å². The van der Waals surface area contributed by atoms with Gasteiger partial charge in [-0.15, -0.1) is 0 Å². The summed E-state index contributed by atoms with van der Waals surface area (Å²) >= 11 is 0. The van der Waals surface area contributed by atoms with Crippen molar-refractivity contribution in [1.29, 1.82) is 0 Å². The fourth-order valence-corrected chi connectivity index (χ4v) is 2.20. The number of halogens is 3. The monoisotopic (exact) mass is 395 g/mol. The van der Waals surface area contributed by atoms with Gasteiger partial charge in [0.25, 0.3) is 5.91 Å². The molecule has 1 N–H and O–H groups in total. The van der Waals surface area contributed by atoms with Gasteiger partial charge >= 0.3 is 18.1 Å². The number of methoxy groups -OCH3 is 1. The number of rotatable bonds is 5. The minimum absolute atomic E-state index is 0.121. The number of ether oxygens (including phenoxy) is 2. The van der Waals surface area contributed by atoms with Crippen LogP contribution in [0.15, 0.2) is 42.5 Å². The molecule has 6 nitrogen and oxygen atoms in total. The first-order valence-corrected chi connectivity index (χ1v) is 7.95. The van der Waals surface area contributed by atoms with Crippen molar-refractivity contribution in [3.05, 3.63) is 64.7 Å². The molecule has 0 aliphatic rings. The van der Waals surface area contributed by atoms with E-state index in [0.29, 0.717) is 11.3 Å². The number of amides is 1.